The zero-order chi connectivity index (χ0) is 19.6. The summed E-state index contributed by atoms with van der Waals surface area (Å²) in [6.45, 7) is -0.0152. The Balaban J connectivity index is 1.85. The fourth-order valence-electron chi connectivity index (χ4n) is 2.39. The predicted octanol–water partition coefficient (Wildman–Crippen LogP) is 3.43. The van der Waals surface area contributed by atoms with Crippen molar-refractivity contribution in [2.45, 2.75) is 11.4 Å². The molecular formula is C16H12ClFN4O4S. The van der Waals surface area contributed by atoms with Crippen LogP contribution in [0.15, 0.2) is 59.8 Å². The van der Waals surface area contributed by atoms with Gasteiger partial charge in [0.15, 0.2) is 4.90 Å². The highest BCUT2D eigenvalue weighted by atomic mass is 35.5. The summed E-state index contributed by atoms with van der Waals surface area (Å²) in [5.74, 6) is -0.514. The highest BCUT2D eigenvalue weighted by Gasteiger charge is 2.25. The molecule has 2 aromatic carbocycles. The van der Waals surface area contributed by atoms with E-state index in [1.54, 1.807) is 0 Å². The molecule has 11 heteroatoms. The van der Waals surface area contributed by atoms with Crippen molar-refractivity contribution in [3.8, 4) is 0 Å². The Morgan fingerprint density at radius 2 is 1.96 bits per heavy atom. The summed E-state index contributed by atoms with van der Waals surface area (Å²) in [7, 11) is -4.21. The lowest BCUT2D eigenvalue weighted by atomic mass is 10.2. The minimum Gasteiger partial charge on any atom is -0.276 e. The van der Waals surface area contributed by atoms with Crippen LogP contribution in [0.4, 0.5) is 15.8 Å². The van der Waals surface area contributed by atoms with Crippen LogP contribution in [-0.2, 0) is 16.6 Å². The third-order valence-electron chi connectivity index (χ3n) is 3.62. The molecule has 0 spiro atoms. The third-order valence-corrected chi connectivity index (χ3v) is 5.40. The van der Waals surface area contributed by atoms with Gasteiger partial charge in [0.1, 0.15) is 5.82 Å². The second-order valence-corrected chi connectivity index (χ2v) is 7.52. The molecule has 0 atom stereocenters. The fraction of sp³-hybridized carbons (Fsp3) is 0.0625. The summed E-state index contributed by atoms with van der Waals surface area (Å²) in [6, 6.07) is 9.22. The van der Waals surface area contributed by atoms with Crippen LogP contribution in [0.5, 0.6) is 0 Å². The summed E-state index contributed by atoms with van der Waals surface area (Å²) in [4.78, 5) is 9.79. The monoisotopic (exact) mass is 410 g/mol. The summed E-state index contributed by atoms with van der Waals surface area (Å²) >= 11 is 5.96. The number of nitro benzene ring substituents is 1. The van der Waals surface area contributed by atoms with Gasteiger partial charge in [0.2, 0.25) is 0 Å². The Kier molecular flexibility index (Phi) is 5.10. The number of nitro groups is 1. The van der Waals surface area contributed by atoms with Gasteiger partial charge in [-0.05, 0) is 18.2 Å². The molecule has 0 unspecified atom stereocenters. The number of nitrogens with zero attached hydrogens (tertiary/aromatic N) is 3. The van der Waals surface area contributed by atoms with E-state index in [-0.39, 0.29) is 22.8 Å². The van der Waals surface area contributed by atoms with E-state index in [2.05, 4.69) is 9.82 Å². The van der Waals surface area contributed by atoms with Crippen molar-refractivity contribution in [2.24, 2.45) is 0 Å². The molecule has 0 saturated heterocycles. The Labute approximate surface area is 158 Å². The first kappa shape index (κ1) is 18.8. The van der Waals surface area contributed by atoms with Crippen LogP contribution in [0.1, 0.15) is 5.56 Å². The first-order chi connectivity index (χ1) is 12.8. The predicted molar refractivity (Wildman–Crippen MR) is 96.6 cm³/mol. The van der Waals surface area contributed by atoms with Crippen LogP contribution in [-0.4, -0.2) is 23.1 Å². The molecule has 0 aliphatic carbocycles. The number of benzene rings is 2. The zero-order valence-corrected chi connectivity index (χ0v) is 15.1. The average molecular weight is 411 g/mol. The maximum atomic E-state index is 13.9. The van der Waals surface area contributed by atoms with Gasteiger partial charge in [-0.3, -0.25) is 19.5 Å². The number of rotatable bonds is 6. The molecule has 3 aromatic rings. The average Bonchev–Trinajstić information content (AvgIpc) is 3.04. The van der Waals surface area contributed by atoms with Gasteiger partial charge in [0, 0.05) is 22.8 Å². The SMILES string of the molecule is O=[N+]([O-])c1ccccc1S(=O)(=O)Nc1cnn(Cc2c(F)cccc2Cl)c1. The van der Waals surface area contributed by atoms with Gasteiger partial charge in [-0.15, -0.1) is 0 Å². The molecule has 0 aliphatic heterocycles. The summed E-state index contributed by atoms with van der Waals surface area (Å²) in [5.41, 5.74) is -0.272. The van der Waals surface area contributed by atoms with Gasteiger partial charge >= 0.3 is 0 Å². The topological polar surface area (TPSA) is 107 Å². The highest BCUT2D eigenvalue weighted by Crippen LogP contribution is 2.25. The molecule has 0 bridgehead atoms. The largest absolute Gasteiger partial charge is 0.289 e. The molecule has 0 aliphatic rings. The first-order valence-electron chi connectivity index (χ1n) is 7.49. The van der Waals surface area contributed by atoms with E-state index >= 15 is 0 Å². The van der Waals surface area contributed by atoms with E-state index < -0.39 is 31.3 Å². The molecule has 1 N–H and O–H groups in total. The van der Waals surface area contributed by atoms with Crippen LogP contribution in [0.2, 0.25) is 5.02 Å². The number of hydrogen-bond donors (Lipinski definition) is 1. The Hall–Kier alpha value is -2.98. The van der Waals surface area contributed by atoms with Gasteiger partial charge in [-0.1, -0.05) is 29.8 Å². The van der Waals surface area contributed by atoms with E-state index in [1.165, 1.54) is 47.4 Å². The number of sulfonamides is 1. The summed E-state index contributed by atoms with van der Waals surface area (Å²) < 4.78 is 42.3. The Morgan fingerprint density at radius 3 is 2.67 bits per heavy atom. The number of hydrogen-bond acceptors (Lipinski definition) is 5. The van der Waals surface area contributed by atoms with E-state index in [0.717, 1.165) is 12.1 Å². The lowest BCUT2D eigenvalue weighted by Crippen LogP contribution is -2.14. The van der Waals surface area contributed by atoms with E-state index in [9.17, 15) is 22.9 Å². The molecule has 0 fully saturated rings. The molecule has 0 amide bonds. The molecule has 0 radical (unpaired) electrons. The fourth-order valence-corrected chi connectivity index (χ4v) is 3.82. The quantitative estimate of drug-likeness (QED) is 0.494. The maximum Gasteiger partial charge on any atom is 0.289 e. The Morgan fingerprint density at radius 1 is 1.22 bits per heavy atom. The van der Waals surface area contributed by atoms with Crippen molar-refractivity contribution in [3.05, 3.63) is 81.4 Å². The maximum absolute atomic E-state index is 13.9. The van der Waals surface area contributed by atoms with Crippen LogP contribution >= 0.6 is 11.6 Å². The molecule has 8 nitrogen and oxygen atoms in total. The molecule has 1 aromatic heterocycles. The van der Waals surface area contributed by atoms with E-state index in [0.29, 0.717) is 0 Å². The van der Waals surface area contributed by atoms with E-state index in [1.807, 2.05) is 0 Å². The third kappa shape index (κ3) is 4.07. The second-order valence-electron chi connectivity index (χ2n) is 5.46. The zero-order valence-electron chi connectivity index (χ0n) is 13.5. The molecule has 1 heterocycles. The molecule has 3 rings (SSSR count). The van der Waals surface area contributed by atoms with Crippen molar-refractivity contribution < 1.29 is 17.7 Å². The van der Waals surface area contributed by atoms with Crippen LogP contribution < -0.4 is 4.72 Å². The lowest BCUT2D eigenvalue weighted by Gasteiger charge is -2.07. The second kappa shape index (κ2) is 7.33. The van der Waals surface area contributed by atoms with Crippen molar-refractivity contribution in [3.63, 3.8) is 0 Å². The van der Waals surface area contributed by atoms with E-state index in [4.69, 9.17) is 11.6 Å². The standard InChI is InChI=1S/C16H12ClFN4O4S/c17-13-4-3-5-14(18)12(13)10-21-9-11(8-19-21)20-27(25,26)16-7-2-1-6-15(16)22(23)24/h1-9,20H,10H2. The Bertz CT molecular complexity index is 1100. The first-order valence-corrected chi connectivity index (χ1v) is 9.35. The lowest BCUT2D eigenvalue weighted by molar-refractivity contribution is -0.387. The van der Waals surface area contributed by atoms with Gasteiger partial charge in [-0.2, -0.15) is 5.10 Å². The van der Waals surface area contributed by atoms with Crippen LogP contribution in [0, 0.1) is 15.9 Å². The smallest absolute Gasteiger partial charge is 0.276 e. The number of anilines is 1. The van der Waals surface area contributed by atoms with Gasteiger partial charge in [0.05, 0.1) is 23.4 Å². The van der Waals surface area contributed by atoms with Crippen LogP contribution in [0.3, 0.4) is 0 Å². The molecule has 27 heavy (non-hydrogen) atoms. The number of nitrogens with one attached hydrogen (secondary N) is 1. The normalized spacial score (nSPS) is 11.3. The van der Waals surface area contributed by atoms with Gasteiger partial charge in [-0.25, -0.2) is 12.8 Å². The van der Waals surface area contributed by atoms with Crippen molar-refractivity contribution >= 4 is 33.0 Å². The molecular weight excluding hydrogens is 399 g/mol. The highest BCUT2D eigenvalue weighted by molar-refractivity contribution is 7.92. The minimum atomic E-state index is -4.21. The minimum absolute atomic E-state index is 0.0152. The number of halogens is 2. The van der Waals surface area contributed by atoms with Crippen LogP contribution in [0.25, 0.3) is 0 Å². The van der Waals surface area contributed by atoms with Crippen molar-refractivity contribution in [2.75, 3.05) is 4.72 Å². The summed E-state index contributed by atoms with van der Waals surface area (Å²) in [6.07, 6.45) is 2.54. The van der Waals surface area contributed by atoms with Crippen molar-refractivity contribution in [1.29, 1.82) is 0 Å². The van der Waals surface area contributed by atoms with Crippen molar-refractivity contribution in [1.82, 2.24) is 9.78 Å². The number of aromatic nitrogens is 2. The molecule has 0 saturated carbocycles. The van der Waals surface area contributed by atoms with Gasteiger partial charge < -0.3 is 0 Å². The number of para-hydroxylation sites is 1. The summed E-state index contributed by atoms with van der Waals surface area (Å²) in [5, 5.41) is 15.2. The van der Waals surface area contributed by atoms with Gasteiger partial charge in [0.25, 0.3) is 15.7 Å². The molecule has 140 valence electrons.